The van der Waals surface area contributed by atoms with Crippen LogP contribution in [0.1, 0.15) is 17.7 Å². The number of hydrogen-bond acceptors (Lipinski definition) is 6. The van der Waals surface area contributed by atoms with Crippen LogP contribution in [0.4, 0.5) is 19.0 Å². The molecular formula is C17H18F3N5O. The van der Waals surface area contributed by atoms with Gasteiger partial charge in [-0.1, -0.05) is 0 Å². The standard InChI is InChI=1S/C17H18F3N5O/c1-26-16-4-11(2-3-21-16)7-25-12-5-13(25)9-24(8-12)15-6-14(17(18,19)20)22-10-23-15/h2-4,6,10,12-13H,5,7-9H2,1H3. The van der Waals surface area contributed by atoms with Crippen LogP contribution in [0.15, 0.2) is 30.7 Å². The van der Waals surface area contributed by atoms with Gasteiger partial charge in [-0.25, -0.2) is 15.0 Å². The molecule has 2 atom stereocenters. The summed E-state index contributed by atoms with van der Waals surface area (Å²) < 4.78 is 43.7. The van der Waals surface area contributed by atoms with Crippen molar-refractivity contribution in [2.75, 3.05) is 25.1 Å². The summed E-state index contributed by atoms with van der Waals surface area (Å²) in [6, 6.07) is 5.50. The Labute approximate surface area is 148 Å². The van der Waals surface area contributed by atoms with Crippen LogP contribution in [-0.4, -0.2) is 52.1 Å². The molecule has 0 amide bonds. The Balaban J connectivity index is 1.44. The molecule has 26 heavy (non-hydrogen) atoms. The highest BCUT2D eigenvalue weighted by atomic mass is 19.4. The highest BCUT2D eigenvalue weighted by Crippen LogP contribution is 2.36. The first kappa shape index (κ1) is 17.0. The third kappa shape index (κ3) is 3.18. The van der Waals surface area contributed by atoms with Gasteiger partial charge in [0.25, 0.3) is 0 Å². The van der Waals surface area contributed by atoms with Gasteiger partial charge in [-0.3, -0.25) is 4.90 Å². The third-order valence-corrected chi connectivity index (χ3v) is 4.99. The third-order valence-electron chi connectivity index (χ3n) is 4.99. The number of piperidine rings is 1. The second-order valence-corrected chi connectivity index (χ2v) is 6.59. The second kappa shape index (κ2) is 6.39. The van der Waals surface area contributed by atoms with Crippen molar-refractivity contribution in [2.24, 2.45) is 0 Å². The molecule has 6 nitrogen and oxygen atoms in total. The Kier molecular flexibility index (Phi) is 4.18. The smallest absolute Gasteiger partial charge is 0.433 e. The van der Waals surface area contributed by atoms with Crippen LogP contribution in [0.5, 0.6) is 5.88 Å². The zero-order chi connectivity index (χ0) is 18.3. The van der Waals surface area contributed by atoms with Gasteiger partial charge in [0.1, 0.15) is 17.8 Å². The SMILES string of the molecule is COc1cc(CN2C3CC2CN(c2cc(C(F)(F)F)ncn2)C3)ccn1. The van der Waals surface area contributed by atoms with Crippen molar-refractivity contribution in [1.29, 1.82) is 0 Å². The fourth-order valence-corrected chi connectivity index (χ4v) is 3.68. The van der Waals surface area contributed by atoms with E-state index in [0.29, 0.717) is 36.9 Å². The monoisotopic (exact) mass is 365 g/mol. The Hall–Kier alpha value is -2.42. The summed E-state index contributed by atoms with van der Waals surface area (Å²) in [6.07, 6.45) is -0.701. The molecule has 0 spiro atoms. The molecule has 3 aliphatic heterocycles. The topological polar surface area (TPSA) is 54.4 Å². The van der Waals surface area contributed by atoms with Gasteiger partial charge in [0, 0.05) is 50.0 Å². The van der Waals surface area contributed by atoms with E-state index in [9.17, 15) is 13.2 Å². The summed E-state index contributed by atoms with van der Waals surface area (Å²) in [5, 5.41) is 0. The molecule has 9 heteroatoms. The second-order valence-electron chi connectivity index (χ2n) is 6.59. The Bertz CT molecular complexity index is 788. The molecule has 0 saturated carbocycles. The highest BCUT2D eigenvalue weighted by molar-refractivity contribution is 5.42. The predicted molar refractivity (Wildman–Crippen MR) is 87.8 cm³/mol. The van der Waals surface area contributed by atoms with Crippen LogP contribution in [0.25, 0.3) is 0 Å². The van der Waals surface area contributed by atoms with Crippen molar-refractivity contribution in [3.05, 3.63) is 42.0 Å². The van der Waals surface area contributed by atoms with Crippen LogP contribution in [-0.2, 0) is 12.7 Å². The van der Waals surface area contributed by atoms with Crippen molar-refractivity contribution in [2.45, 2.75) is 31.2 Å². The van der Waals surface area contributed by atoms with Crippen LogP contribution in [0, 0.1) is 0 Å². The minimum atomic E-state index is -4.46. The van der Waals surface area contributed by atoms with E-state index in [0.717, 1.165) is 30.9 Å². The Morgan fingerprint density at radius 2 is 1.92 bits per heavy atom. The molecule has 2 unspecified atom stereocenters. The number of nitrogens with zero attached hydrogens (tertiary/aromatic N) is 5. The van der Waals surface area contributed by atoms with E-state index in [2.05, 4.69) is 19.9 Å². The lowest BCUT2D eigenvalue weighted by molar-refractivity contribution is -0.141. The van der Waals surface area contributed by atoms with Crippen molar-refractivity contribution >= 4 is 5.82 Å². The summed E-state index contributed by atoms with van der Waals surface area (Å²) in [5.74, 6) is 0.919. The van der Waals surface area contributed by atoms with Gasteiger partial charge < -0.3 is 9.64 Å². The average molecular weight is 365 g/mol. The van der Waals surface area contributed by atoms with Gasteiger partial charge in [0.2, 0.25) is 5.88 Å². The van der Waals surface area contributed by atoms with E-state index >= 15 is 0 Å². The number of piperazine rings is 1. The molecule has 3 aliphatic rings. The van der Waals surface area contributed by atoms with Crippen molar-refractivity contribution in [1.82, 2.24) is 19.9 Å². The Morgan fingerprint density at radius 1 is 1.15 bits per heavy atom. The minimum absolute atomic E-state index is 0.303. The number of anilines is 1. The molecule has 0 radical (unpaired) electrons. The van der Waals surface area contributed by atoms with Crippen LogP contribution in [0.2, 0.25) is 0 Å². The first-order chi connectivity index (χ1) is 12.4. The molecule has 2 aromatic rings. The summed E-state index contributed by atoms with van der Waals surface area (Å²) in [7, 11) is 1.58. The van der Waals surface area contributed by atoms with E-state index in [-0.39, 0.29) is 0 Å². The molecule has 5 heterocycles. The summed E-state index contributed by atoms with van der Waals surface area (Å²) in [6.45, 7) is 2.10. The maximum atomic E-state index is 12.9. The zero-order valence-electron chi connectivity index (χ0n) is 14.1. The molecule has 2 bridgehead atoms. The number of fused-ring (bicyclic) bond motifs is 2. The largest absolute Gasteiger partial charge is 0.481 e. The molecular weight excluding hydrogens is 347 g/mol. The molecule has 138 valence electrons. The number of rotatable bonds is 4. The normalized spacial score (nSPS) is 22.8. The van der Waals surface area contributed by atoms with E-state index in [1.807, 2.05) is 17.0 Å². The van der Waals surface area contributed by atoms with Crippen molar-refractivity contribution in [3.8, 4) is 5.88 Å². The summed E-state index contributed by atoms with van der Waals surface area (Å²) in [4.78, 5) is 15.8. The first-order valence-corrected chi connectivity index (χ1v) is 8.33. The number of hydrogen-bond donors (Lipinski definition) is 0. The van der Waals surface area contributed by atoms with Crippen molar-refractivity contribution in [3.63, 3.8) is 0 Å². The maximum absolute atomic E-state index is 12.9. The van der Waals surface area contributed by atoms with E-state index in [4.69, 9.17) is 4.74 Å². The molecule has 5 rings (SSSR count). The maximum Gasteiger partial charge on any atom is 0.433 e. The lowest BCUT2D eigenvalue weighted by atomic mass is 9.87. The molecule has 0 aliphatic carbocycles. The van der Waals surface area contributed by atoms with Gasteiger partial charge in [-0.05, 0) is 18.1 Å². The molecule has 3 saturated heterocycles. The number of aromatic nitrogens is 3. The van der Waals surface area contributed by atoms with Gasteiger partial charge in [-0.15, -0.1) is 0 Å². The van der Waals surface area contributed by atoms with Crippen LogP contribution in [0.3, 0.4) is 0 Å². The number of alkyl halides is 3. The quantitative estimate of drug-likeness (QED) is 0.829. The van der Waals surface area contributed by atoms with Gasteiger partial charge in [0.15, 0.2) is 0 Å². The van der Waals surface area contributed by atoms with Crippen LogP contribution < -0.4 is 9.64 Å². The number of ether oxygens (including phenoxy) is 1. The Morgan fingerprint density at radius 3 is 2.62 bits per heavy atom. The van der Waals surface area contributed by atoms with Gasteiger partial charge in [-0.2, -0.15) is 13.2 Å². The van der Waals surface area contributed by atoms with Gasteiger partial charge >= 0.3 is 6.18 Å². The number of pyridine rings is 1. The lowest BCUT2D eigenvalue weighted by Crippen LogP contribution is -2.68. The predicted octanol–water partition coefficient (Wildman–Crippen LogP) is 2.36. The summed E-state index contributed by atoms with van der Waals surface area (Å²) >= 11 is 0. The van der Waals surface area contributed by atoms with E-state index in [1.54, 1.807) is 13.3 Å². The molecule has 0 aromatic carbocycles. The fraction of sp³-hybridized carbons (Fsp3) is 0.471. The minimum Gasteiger partial charge on any atom is -0.481 e. The van der Waals surface area contributed by atoms with Crippen molar-refractivity contribution < 1.29 is 17.9 Å². The van der Waals surface area contributed by atoms with Gasteiger partial charge in [0.05, 0.1) is 7.11 Å². The number of halogens is 3. The first-order valence-electron chi connectivity index (χ1n) is 8.33. The zero-order valence-corrected chi connectivity index (χ0v) is 14.1. The lowest BCUT2D eigenvalue weighted by Gasteiger charge is -2.56. The number of methoxy groups -OCH3 is 1. The van der Waals surface area contributed by atoms with E-state index in [1.165, 1.54) is 0 Å². The average Bonchev–Trinajstić information content (AvgIpc) is 2.66. The van der Waals surface area contributed by atoms with Crippen LogP contribution >= 0.6 is 0 Å². The molecule has 0 N–H and O–H groups in total. The fourth-order valence-electron chi connectivity index (χ4n) is 3.68. The van der Waals surface area contributed by atoms with E-state index < -0.39 is 11.9 Å². The highest BCUT2D eigenvalue weighted by Gasteiger charge is 2.45. The molecule has 2 aromatic heterocycles. The summed E-state index contributed by atoms with van der Waals surface area (Å²) in [5.41, 5.74) is 0.212. The molecule has 3 fully saturated rings.